The van der Waals surface area contributed by atoms with E-state index in [1.54, 1.807) is 6.92 Å². The first kappa shape index (κ1) is 14.3. The summed E-state index contributed by atoms with van der Waals surface area (Å²) in [6, 6.07) is -1.20. The Hall–Kier alpha value is -1.79. The summed E-state index contributed by atoms with van der Waals surface area (Å²) in [5.74, 6) is -1.48. The van der Waals surface area contributed by atoms with Crippen LogP contribution in [-0.2, 0) is 9.59 Å². The minimum atomic E-state index is -0.821. The average Bonchev–Trinajstić information content (AvgIpc) is 2.76. The minimum absolute atomic E-state index is 0.136. The molecular formula is C11H19N3O4. The largest absolute Gasteiger partial charge is 0.481 e. The van der Waals surface area contributed by atoms with Crippen LogP contribution in [0.15, 0.2) is 0 Å². The smallest absolute Gasteiger partial charge is 0.315 e. The summed E-state index contributed by atoms with van der Waals surface area (Å²) in [6.07, 6.45) is 1.67. The van der Waals surface area contributed by atoms with E-state index in [0.717, 1.165) is 0 Å². The fourth-order valence-corrected chi connectivity index (χ4v) is 2.04. The van der Waals surface area contributed by atoms with Gasteiger partial charge in [-0.1, -0.05) is 0 Å². The van der Waals surface area contributed by atoms with Gasteiger partial charge in [-0.05, 0) is 26.2 Å². The van der Waals surface area contributed by atoms with Crippen molar-refractivity contribution in [2.75, 3.05) is 7.05 Å². The second kappa shape index (κ2) is 6.23. The molecule has 1 unspecified atom stereocenters. The molecule has 0 spiro atoms. The third-order valence-electron chi connectivity index (χ3n) is 3.10. The Balaban J connectivity index is 2.33. The van der Waals surface area contributed by atoms with Crippen molar-refractivity contribution in [3.05, 3.63) is 0 Å². The van der Waals surface area contributed by atoms with Crippen molar-refractivity contribution in [2.45, 2.75) is 38.3 Å². The number of carbonyl (C=O) groups is 3. The van der Waals surface area contributed by atoms with Gasteiger partial charge in [-0.2, -0.15) is 0 Å². The quantitative estimate of drug-likeness (QED) is 0.553. The molecule has 0 aromatic carbocycles. The van der Waals surface area contributed by atoms with E-state index in [1.807, 2.05) is 0 Å². The van der Waals surface area contributed by atoms with Crippen LogP contribution in [0, 0.1) is 5.92 Å². The van der Waals surface area contributed by atoms with Crippen LogP contribution in [0.1, 0.15) is 26.2 Å². The van der Waals surface area contributed by atoms with Gasteiger partial charge in [0.05, 0.1) is 5.92 Å². The molecule has 18 heavy (non-hydrogen) atoms. The highest BCUT2D eigenvalue weighted by atomic mass is 16.4. The summed E-state index contributed by atoms with van der Waals surface area (Å²) in [5, 5.41) is 16.4. The van der Waals surface area contributed by atoms with Gasteiger partial charge >= 0.3 is 12.0 Å². The number of rotatable bonds is 4. The minimum Gasteiger partial charge on any atom is -0.481 e. The molecule has 1 saturated carbocycles. The molecule has 1 aliphatic rings. The molecule has 7 heteroatoms. The number of hydrogen-bond donors (Lipinski definition) is 4. The highest BCUT2D eigenvalue weighted by Crippen LogP contribution is 2.25. The van der Waals surface area contributed by atoms with E-state index in [0.29, 0.717) is 19.3 Å². The van der Waals surface area contributed by atoms with E-state index in [1.165, 1.54) is 7.05 Å². The van der Waals surface area contributed by atoms with Crippen LogP contribution >= 0.6 is 0 Å². The lowest BCUT2D eigenvalue weighted by Crippen LogP contribution is -2.49. The number of urea groups is 1. The van der Waals surface area contributed by atoms with Crippen LogP contribution in [0.25, 0.3) is 0 Å². The highest BCUT2D eigenvalue weighted by molar-refractivity contribution is 5.86. The lowest BCUT2D eigenvalue weighted by molar-refractivity contribution is -0.141. The highest BCUT2D eigenvalue weighted by Gasteiger charge is 2.30. The van der Waals surface area contributed by atoms with Gasteiger partial charge in [0, 0.05) is 13.1 Å². The van der Waals surface area contributed by atoms with Gasteiger partial charge in [0.15, 0.2) is 0 Å². The summed E-state index contributed by atoms with van der Waals surface area (Å²) in [6.45, 7) is 1.58. The van der Waals surface area contributed by atoms with Crippen molar-refractivity contribution in [2.24, 2.45) is 5.92 Å². The van der Waals surface area contributed by atoms with Crippen LogP contribution in [0.4, 0.5) is 4.79 Å². The zero-order valence-electron chi connectivity index (χ0n) is 10.5. The molecule has 4 N–H and O–H groups in total. The van der Waals surface area contributed by atoms with Crippen LogP contribution in [0.2, 0.25) is 0 Å². The summed E-state index contributed by atoms with van der Waals surface area (Å²) < 4.78 is 0. The molecule has 102 valence electrons. The molecular weight excluding hydrogens is 238 g/mol. The number of hydrogen-bond acceptors (Lipinski definition) is 3. The van der Waals surface area contributed by atoms with Crippen molar-refractivity contribution < 1.29 is 19.5 Å². The maximum atomic E-state index is 11.6. The number of carboxylic acids is 1. The number of nitrogens with one attached hydrogen (secondary N) is 3. The zero-order valence-corrected chi connectivity index (χ0v) is 10.5. The van der Waals surface area contributed by atoms with Crippen LogP contribution in [-0.4, -0.2) is 42.1 Å². The van der Waals surface area contributed by atoms with E-state index in [2.05, 4.69) is 16.0 Å². The molecule has 7 nitrogen and oxygen atoms in total. The van der Waals surface area contributed by atoms with Crippen LogP contribution in [0.3, 0.4) is 0 Å². The van der Waals surface area contributed by atoms with Crippen LogP contribution in [0.5, 0.6) is 0 Å². The number of carboxylic acid groups (broad SMARTS) is 1. The van der Waals surface area contributed by atoms with E-state index in [-0.39, 0.29) is 17.9 Å². The molecule has 0 saturated heterocycles. The van der Waals surface area contributed by atoms with Gasteiger partial charge in [-0.25, -0.2) is 4.79 Å². The third-order valence-corrected chi connectivity index (χ3v) is 3.10. The lowest BCUT2D eigenvalue weighted by atomic mass is 10.1. The Morgan fingerprint density at radius 2 is 1.94 bits per heavy atom. The molecule has 0 aliphatic heterocycles. The first-order valence-electron chi connectivity index (χ1n) is 5.95. The lowest BCUT2D eigenvalue weighted by Gasteiger charge is -2.16. The standard InChI is InChI=1S/C11H19N3O4/c1-6(9(15)12-2)13-11(18)14-8-4-3-7(5-8)10(16)17/h6-8H,3-5H2,1-2H3,(H,12,15)(H,16,17)(H2,13,14,18)/t6?,7-,8+/m1/s1. The predicted octanol–water partition coefficient (Wildman–Crippen LogP) is -0.327. The van der Waals surface area contributed by atoms with Gasteiger partial charge in [-0.3, -0.25) is 9.59 Å². The van der Waals surface area contributed by atoms with E-state index >= 15 is 0 Å². The normalized spacial score (nSPS) is 24.1. The maximum Gasteiger partial charge on any atom is 0.315 e. The summed E-state index contributed by atoms with van der Waals surface area (Å²) in [5.41, 5.74) is 0. The topological polar surface area (TPSA) is 108 Å². The Morgan fingerprint density at radius 1 is 1.28 bits per heavy atom. The number of aliphatic carboxylic acids is 1. The van der Waals surface area contributed by atoms with Gasteiger partial charge in [0.2, 0.25) is 5.91 Å². The fraction of sp³-hybridized carbons (Fsp3) is 0.727. The molecule has 1 aliphatic carbocycles. The average molecular weight is 257 g/mol. The predicted molar refractivity (Wildman–Crippen MR) is 64.0 cm³/mol. The second-order valence-electron chi connectivity index (χ2n) is 4.50. The molecule has 0 bridgehead atoms. The molecule has 3 atom stereocenters. The Morgan fingerprint density at radius 3 is 2.44 bits per heavy atom. The summed E-state index contributed by atoms with van der Waals surface area (Å²) in [4.78, 5) is 33.5. The van der Waals surface area contributed by atoms with E-state index in [9.17, 15) is 14.4 Å². The summed E-state index contributed by atoms with van der Waals surface area (Å²) in [7, 11) is 1.49. The zero-order chi connectivity index (χ0) is 13.7. The Labute approximate surface area is 105 Å². The van der Waals surface area contributed by atoms with Crippen molar-refractivity contribution in [1.29, 1.82) is 0 Å². The Kier molecular flexibility index (Phi) is 4.94. The number of amides is 3. The van der Waals surface area contributed by atoms with Crippen LogP contribution < -0.4 is 16.0 Å². The van der Waals surface area contributed by atoms with Gasteiger partial charge in [0.25, 0.3) is 0 Å². The molecule has 0 heterocycles. The second-order valence-corrected chi connectivity index (χ2v) is 4.50. The number of carbonyl (C=O) groups excluding carboxylic acids is 2. The van der Waals surface area contributed by atoms with Gasteiger partial charge < -0.3 is 21.1 Å². The first-order valence-corrected chi connectivity index (χ1v) is 5.95. The molecule has 0 radical (unpaired) electrons. The van der Waals surface area contributed by atoms with Crippen molar-refractivity contribution in [3.63, 3.8) is 0 Å². The molecule has 0 aromatic rings. The maximum absolute atomic E-state index is 11.6. The molecule has 3 amide bonds. The molecule has 1 rings (SSSR count). The van der Waals surface area contributed by atoms with E-state index < -0.39 is 18.0 Å². The van der Waals surface area contributed by atoms with E-state index in [4.69, 9.17) is 5.11 Å². The fourth-order valence-electron chi connectivity index (χ4n) is 2.04. The van der Waals surface area contributed by atoms with Gasteiger partial charge in [0.1, 0.15) is 6.04 Å². The Bertz CT molecular complexity index is 345. The SMILES string of the molecule is CNC(=O)C(C)NC(=O)N[C@H]1CC[C@@H](C(=O)O)C1. The summed E-state index contributed by atoms with van der Waals surface area (Å²) >= 11 is 0. The van der Waals surface area contributed by atoms with Crippen molar-refractivity contribution >= 4 is 17.9 Å². The first-order chi connectivity index (χ1) is 8.43. The molecule has 0 aromatic heterocycles. The van der Waals surface area contributed by atoms with Gasteiger partial charge in [-0.15, -0.1) is 0 Å². The third kappa shape index (κ3) is 3.90. The van der Waals surface area contributed by atoms with Crippen molar-refractivity contribution in [1.82, 2.24) is 16.0 Å². The van der Waals surface area contributed by atoms with Crippen molar-refractivity contribution in [3.8, 4) is 0 Å². The monoisotopic (exact) mass is 257 g/mol. The molecule has 1 fully saturated rings. The number of likely N-dealkylation sites (N-methyl/N-ethyl adjacent to an activating group) is 1.